The molecule has 1 atom stereocenters. The number of ether oxygens (including phenoxy) is 1. The summed E-state index contributed by atoms with van der Waals surface area (Å²) in [4.78, 5) is 13.3. The second-order valence-corrected chi connectivity index (χ2v) is 6.27. The summed E-state index contributed by atoms with van der Waals surface area (Å²) in [5, 5.41) is 3.37. The van der Waals surface area contributed by atoms with Crippen LogP contribution in [0.25, 0.3) is 11.2 Å². The summed E-state index contributed by atoms with van der Waals surface area (Å²) in [5.74, 6) is 0.770. The van der Waals surface area contributed by atoms with E-state index >= 15 is 0 Å². The third-order valence-corrected chi connectivity index (χ3v) is 4.41. The largest absolute Gasteiger partial charge is 0.376 e. The Labute approximate surface area is 140 Å². The lowest BCUT2D eigenvalue weighted by Crippen LogP contribution is -2.14. The topological polar surface area (TPSA) is 64.9 Å². The molecule has 6 heteroatoms. The Bertz CT molecular complexity index is 821. The molecule has 0 spiro atoms. The maximum absolute atomic E-state index is 5.71. The van der Waals surface area contributed by atoms with E-state index in [1.54, 1.807) is 6.33 Å². The van der Waals surface area contributed by atoms with Crippen LogP contribution in [-0.2, 0) is 17.8 Å². The number of aromatic nitrogens is 4. The van der Waals surface area contributed by atoms with Crippen molar-refractivity contribution >= 4 is 17.0 Å². The molecule has 1 aliphatic rings. The summed E-state index contributed by atoms with van der Waals surface area (Å²) in [7, 11) is 0. The van der Waals surface area contributed by atoms with Gasteiger partial charge in [-0.05, 0) is 25.3 Å². The molecule has 0 bridgehead atoms. The number of hydrogen-bond donors (Lipinski definition) is 1. The molecule has 0 radical (unpaired) electrons. The Morgan fingerprint density at radius 1 is 1.21 bits per heavy atom. The van der Waals surface area contributed by atoms with Gasteiger partial charge < -0.3 is 14.6 Å². The summed E-state index contributed by atoms with van der Waals surface area (Å²) >= 11 is 0. The molecule has 1 fully saturated rings. The van der Waals surface area contributed by atoms with Gasteiger partial charge in [0.05, 0.1) is 19.0 Å². The van der Waals surface area contributed by atoms with Crippen molar-refractivity contribution in [2.45, 2.75) is 39.0 Å². The normalized spacial score (nSPS) is 17.5. The summed E-state index contributed by atoms with van der Waals surface area (Å²) in [5.41, 5.74) is 4.14. The molecule has 1 aromatic carbocycles. The maximum Gasteiger partial charge on any atom is 0.165 e. The molecule has 1 unspecified atom stereocenters. The lowest BCUT2D eigenvalue weighted by molar-refractivity contribution is 0.0978. The molecular weight excluding hydrogens is 302 g/mol. The number of benzene rings is 1. The third kappa shape index (κ3) is 3.10. The number of anilines is 1. The lowest BCUT2D eigenvalue weighted by Gasteiger charge is -2.10. The van der Waals surface area contributed by atoms with Crippen molar-refractivity contribution < 1.29 is 4.74 Å². The lowest BCUT2D eigenvalue weighted by atomic mass is 10.1. The van der Waals surface area contributed by atoms with E-state index in [1.807, 2.05) is 6.33 Å². The van der Waals surface area contributed by atoms with Gasteiger partial charge in [-0.15, -0.1) is 0 Å². The van der Waals surface area contributed by atoms with Crippen molar-refractivity contribution in [1.82, 2.24) is 19.5 Å². The smallest absolute Gasteiger partial charge is 0.165 e. The standard InChI is InChI=1S/C18H21N5O/c1-13-4-6-14(7-5-13)9-19-17-16-18(21-11-20-17)23(12-22-16)10-15-3-2-8-24-15/h4-7,11-12,15H,2-3,8-10H2,1H3,(H,19,20,21). The monoisotopic (exact) mass is 323 g/mol. The quantitative estimate of drug-likeness (QED) is 0.782. The first-order valence-electron chi connectivity index (χ1n) is 8.36. The SMILES string of the molecule is Cc1ccc(CNc2ncnc3c2ncn3CC2CCCO2)cc1. The van der Waals surface area contributed by atoms with Crippen LogP contribution in [0.4, 0.5) is 5.82 Å². The van der Waals surface area contributed by atoms with E-state index in [4.69, 9.17) is 4.74 Å². The summed E-state index contributed by atoms with van der Waals surface area (Å²) in [6.07, 6.45) is 5.92. The zero-order valence-electron chi connectivity index (χ0n) is 13.8. The first-order valence-corrected chi connectivity index (χ1v) is 8.36. The second-order valence-electron chi connectivity index (χ2n) is 6.27. The molecule has 1 aliphatic heterocycles. The average molecular weight is 323 g/mol. The van der Waals surface area contributed by atoms with Gasteiger partial charge in [0.1, 0.15) is 11.8 Å². The molecule has 2 aromatic heterocycles. The van der Waals surface area contributed by atoms with Crippen LogP contribution in [0.1, 0.15) is 24.0 Å². The Morgan fingerprint density at radius 3 is 2.88 bits per heavy atom. The van der Waals surface area contributed by atoms with Gasteiger partial charge in [0, 0.05) is 13.2 Å². The van der Waals surface area contributed by atoms with Gasteiger partial charge in [-0.1, -0.05) is 29.8 Å². The summed E-state index contributed by atoms with van der Waals surface area (Å²) < 4.78 is 7.77. The fourth-order valence-electron chi connectivity index (χ4n) is 3.04. The van der Waals surface area contributed by atoms with Crippen LogP contribution in [0.2, 0.25) is 0 Å². The van der Waals surface area contributed by atoms with Crippen LogP contribution in [-0.4, -0.2) is 32.2 Å². The molecule has 124 valence electrons. The van der Waals surface area contributed by atoms with Crippen molar-refractivity contribution in [2.75, 3.05) is 11.9 Å². The Hall–Kier alpha value is -2.47. The number of nitrogens with zero attached hydrogens (tertiary/aromatic N) is 4. The fourth-order valence-corrected chi connectivity index (χ4v) is 3.04. The fraction of sp³-hybridized carbons (Fsp3) is 0.389. The van der Waals surface area contributed by atoms with Crippen LogP contribution in [0.3, 0.4) is 0 Å². The maximum atomic E-state index is 5.71. The first-order chi connectivity index (χ1) is 11.8. The average Bonchev–Trinajstić information content (AvgIpc) is 3.25. The molecule has 0 saturated carbocycles. The molecule has 24 heavy (non-hydrogen) atoms. The highest BCUT2D eigenvalue weighted by Gasteiger charge is 2.18. The van der Waals surface area contributed by atoms with Gasteiger partial charge in [0.25, 0.3) is 0 Å². The Morgan fingerprint density at radius 2 is 2.08 bits per heavy atom. The van der Waals surface area contributed by atoms with Gasteiger partial charge in [-0.3, -0.25) is 0 Å². The number of fused-ring (bicyclic) bond motifs is 1. The number of hydrogen-bond acceptors (Lipinski definition) is 5. The highest BCUT2D eigenvalue weighted by Crippen LogP contribution is 2.21. The van der Waals surface area contributed by atoms with Crippen LogP contribution in [0.5, 0.6) is 0 Å². The number of nitrogens with one attached hydrogen (secondary N) is 1. The molecule has 3 heterocycles. The van der Waals surface area contributed by atoms with Crippen LogP contribution < -0.4 is 5.32 Å². The van der Waals surface area contributed by atoms with Crippen molar-refractivity contribution in [3.05, 3.63) is 48.0 Å². The molecule has 0 aliphatic carbocycles. The molecule has 4 rings (SSSR count). The van der Waals surface area contributed by atoms with E-state index in [9.17, 15) is 0 Å². The minimum atomic E-state index is 0.265. The Balaban J connectivity index is 1.52. The van der Waals surface area contributed by atoms with Crippen LogP contribution in [0, 0.1) is 6.92 Å². The van der Waals surface area contributed by atoms with Crippen LogP contribution in [0.15, 0.2) is 36.9 Å². The van der Waals surface area contributed by atoms with Gasteiger partial charge in [0.2, 0.25) is 0 Å². The highest BCUT2D eigenvalue weighted by molar-refractivity contribution is 5.82. The van der Waals surface area contributed by atoms with E-state index in [0.717, 1.165) is 43.0 Å². The second kappa shape index (κ2) is 6.57. The van der Waals surface area contributed by atoms with Crippen LogP contribution >= 0.6 is 0 Å². The third-order valence-electron chi connectivity index (χ3n) is 4.41. The minimum absolute atomic E-state index is 0.265. The number of imidazole rings is 1. The molecular formula is C18H21N5O. The van der Waals surface area contributed by atoms with Gasteiger partial charge in [0.15, 0.2) is 11.5 Å². The summed E-state index contributed by atoms with van der Waals surface area (Å²) in [6, 6.07) is 8.47. The van der Waals surface area contributed by atoms with E-state index < -0.39 is 0 Å². The van der Waals surface area contributed by atoms with Crippen molar-refractivity contribution in [3.63, 3.8) is 0 Å². The minimum Gasteiger partial charge on any atom is -0.376 e. The van der Waals surface area contributed by atoms with Gasteiger partial charge >= 0.3 is 0 Å². The highest BCUT2D eigenvalue weighted by atomic mass is 16.5. The molecule has 1 saturated heterocycles. The van der Waals surface area contributed by atoms with E-state index in [-0.39, 0.29) is 6.10 Å². The number of rotatable bonds is 5. The molecule has 1 N–H and O–H groups in total. The zero-order chi connectivity index (χ0) is 16.4. The van der Waals surface area contributed by atoms with Gasteiger partial charge in [-0.25, -0.2) is 15.0 Å². The van der Waals surface area contributed by atoms with E-state index in [1.165, 1.54) is 11.1 Å². The molecule has 6 nitrogen and oxygen atoms in total. The van der Waals surface area contributed by atoms with Crippen molar-refractivity contribution in [2.24, 2.45) is 0 Å². The van der Waals surface area contributed by atoms with Crippen molar-refractivity contribution in [1.29, 1.82) is 0 Å². The van der Waals surface area contributed by atoms with E-state index in [0.29, 0.717) is 6.54 Å². The van der Waals surface area contributed by atoms with E-state index in [2.05, 4.69) is 56.0 Å². The predicted molar refractivity (Wildman–Crippen MR) is 92.8 cm³/mol. The van der Waals surface area contributed by atoms with Gasteiger partial charge in [-0.2, -0.15) is 0 Å². The molecule has 3 aromatic rings. The Kier molecular flexibility index (Phi) is 4.13. The number of aryl methyl sites for hydroxylation is 1. The van der Waals surface area contributed by atoms with Crippen molar-refractivity contribution in [3.8, 4) is 0 Å². The first kappa shape index (κ1) is 15.1. The predicted octanol–water partition coefficient (Wildman–Crippen LogP) is 2.93. The summed E-state index contributed by atoms with van der Waals surface area (Å²) in [6.45, 7) is 4.46. The zero-order valence-corrected chi connectivity index (χ0v) is 13.8. The molecule has 0 amide bonds.